The Morgan fingerprint density at radius 2 is 2.11 bits per heavy atom. The molecular weight excluding hydrogens is 252 g/mol. The maximum atomic E-state index is 12.4. The molecule has 1 heterocycles. The molecule has 1 unspecified atom stereocenters. The first-order valence-electron chi connectivity index (χ1n) is 6.29. The van der Waals surface area contributed by atoms with E-state index < -0.39 is 12.2 Å². The van der Waals surface area contributed by atoms with Gasteiger partial charge in [0.15, 0.2) is 0 Å². The highest BCUT2D eigenvalue weighted by atomic mass is 19.3. The van der Waals surface area contributed by atoms with Gasteiger partial charge in [-0.15, -0.1) is 5.48 Å². The van der Waals surface area contributed by atoms with Crippen molar-refractivity contribution < 1.29 is 18.4 Å². The second-order valence-electron chi connectivity index (χ2n) is 5.10. The molecule has 102 valence electrons. The number of ether oxygens (including phenoxy) is 1. The minimum absolute atomic E-state index is 0.171. The molecule has 0 bridgehead atoms. The predicted molar refractivity (Wildman–Crippen MR) is 65.5 cm³/mol. The second kappa shape index (κ2) is 4.49. The molecular formula is C14H15F2NO2. The smallest absolute Gasteiger partial charge is 0.387 e. The molecule has 1 aliphatic heterocycles. The summed E-state index contributed by atoms with van der Waals surface area (Å²) in [6.07, 6.45) is 4.20. The molecule has 0 radical (unpaired) electrons. The van der Waals surface area contributed by atoms with Crippen LogP contribution < -0.4 is 10.2 Å². The van der Waals surface area contributed by atoms with E-state index in [1.54, 1.807) is 18.2 Å². The average Bonchev–Trinajstić information content (AvgIpc) is 3.13. The summed E-state index contributed by atoms with van der Waals surface area (Å²) in [5.74, 6) is 1.54. The summed E-state index contributed by atoms with van der Waals surface area (Å²) in [7, 11) is 0. The second-order valence-corrected chi connectivity index (χ2v) is 5.10. The molecule has 1 N–H and O–H groups in total. The number of alkyl halides is 2. The predicted octanol–water partition coefficient (Wildman–Crippen LogP) is 3.33. The van der Waals surface area contributed by atoms with Crippen LogP contribution in [0.25, 0.3) is 0 Å². The monoisotopic (exact) mass is 267 g/mol. The SMILES string of the molecule is CC1(c2ccccc2OC(F)F)C=C(C2CC2)ON1. The largest absolute Gasteiger partial charge is 0.434 e. The molecule has 0 spiro atoms. The van der Waals surface area contributed by atoms with Crippen LogP contribution in [0.1, 0.15) is 25.3 Å². The Hall–Kier alpha value is -1.62. The molecule has 5 heteroatoms. The summed E-state index contributed by atoms with van der Waals surface area (Å²) in [4.78, 5) is 5.47. The Balaban J connectivity index is 1.93. The molecule has 19 heavy (non-hydrogen) atoms. The fourth-order valence-corrected chi connectivity index (χ4v) is 2.30. The zero-order chi connectivity index (χ0) is 13.5. The third kappa shape index (κ3) is 2.42. The van der Waals surface area contributed by atoms with E-state index in [9.17, 15) is 8.78 Å². The molecule has 1 aromatic carbocycles. The summed E-state index contributed by atoms with van der Waals surface area (Å²) in [5.41, 5.74) is 2.93. The third-order valence-corrected chi connectivity index (χ3v) is 3.45. The number of nitrogens with one attached hydrogen (secondary N) is 1. The van der Waals surface area contributed by atoms with Crippen LogP contribution in [-0.4, -0.2) is 6.61 Å². The summed E-state index contributed by atoms with van der Waals surface area (Å²) in [6.45, 7) is -0.949. The molecule has 0 saturated heterocycles. The number of hydrogen-bond acceptors (Lipinski definition) is 3. The molecule has 1 saturated carbocycles. The fourth-order valence-electron chi connectivity index (χ4n) is 2.30. The van der Waals surface area contributed by atoms with Gasteiger partial charge in [-0.1, -0.05) is 18.2 Å². The van der Waals surface area contributed by atoms with Crippen molar-refractivity contribution in [3.63, 3.8) is 0 Å². The highest BCUT2D eigenvalue weighted by Crippen LogP contribution is 2.43. The van der Waals surface area contributed by atoms with Gasteiger partial charge in [0.2, 0.25) is 0 Å². The van der Waals surface area contributed by atoms with E-state index in [2.05, 4.69) is 10.2 Å². The van der Waals surface area contributed by atoms with Gasteiger partial charge < -0.3 is 9.57 Å². The number of hydroxylamine groups is 1. The Morgan fingerprint density at radius 3 is 2.79 bits per heavy atom. The summed E-state index contributed by atoms with van der Waals surface area (Å²) >= 11 is 0. The standard InChI is InChI=1S/C14H15F2NO2/c1-14(8-12(19-17-14)9-6-7-9)10-4-2-3-5-11(10)18-13(15)16/h2-5,8-9,13,17H,6-7H2,1H3. The lowest BCUT2D eigenvalue weighted by molar-refractivity contribution is -0.0515. The number of benzene rings is 1. The van der Waals surface area contributed by atoms with Crippen LogP contribution in [0.4, 0.5) is 8.78 Å². The van der Waals surface area contributed by atoms with Crippen molar-refractivity contribution in [1.29, 1.82) is 0 Å². The summed E-state index contributed by atoms with van der Waals surface area (Å²) in [6, 6.07) is 6.77. The zero-order valence-corrected chi connectivity index (χ0v) is 10.5. The van der Waals surface area contributed by atoms with Gasteiger partial charge in [-0.2, -0.15) is 8.78 Å². The normalized spacial score (nSPS) is 26.2. The van der Waals surface area contributed by atoms with Crippen molar-refractivity contribution in [2.45, 2.75) is 31.9 Å². The van der Waals surface area contributed by atoms with Gasteiger partial charge in [0.25, 0.3) is 0 Å². The van der Waals surface area contributed by atoms with Crippen molar-refractivity contribution in [3.05, 3.63) is 41.7 Å². The van der Waals surface area contributed by atoms with E-state index in [0.29, 0.717) is 11.5 Å². The Bertz CT molecular complexity index is 514. The van der Waals surface area contributed by atoms with Crippen LogP contribution in [0.5, 0.6) is 5.75 Å². The van der Waals surface area contributed by atoms with Crippen molar-refractivity contribution in [3.8, 4) is 5.75 Å². The minimum Gasteiger partial charge on any atom is -0.434 e. The van der Waals surface area contributed by atoms with E-state index in [4.69, 9.17) is 4.84 Å². The molecule has 1 aliphatic carbocycles. The Labute approximate surface area is 110 Å². The lowest BCUT2D eigenvalue weighted by atomic mass is 9.91. The molecule has 1 fully saturated rings. The first-order chi connectivity index (χ1) is 9.08. The highest BCUT2D eigenvalue weighted by Gasteiger charge is 2.39. The van der Waals surface area contributed by atoms with E-state index in [1.807, 2.05) is 13.0 Å². The average molecular weight is 267 g/mol. The number of para-hydroxylation sites is 1. The third-order valence-electron chi connectivity index (χ3n) is 3.45. The fraction of sp³-hybridized carbons (Fsp3) is 0.429. The van der Waals surface area contributed by atoms with E-state index >= 15 is 0 Å². The van der Waals surface area contributed by atoms with Gasteiger partial charge in [0, 0.05) is 11.5 Å². The molecule has 2 aliphatic rings. The van der Waals surface area contributed by atoms with Crippen molar-refractivity contribution in [2.24, 2.45) is 5.92 Å². The first-order valence-corrected chi connectivity index (χ1v) is 6.29. The molecule has 0 aromatic heterocycles. The van der Waals surface area contributed by atoms with Gasteiger partial charge in [-0.25, -0.2) is 0 Å². The number of rotatable bonds is 4. The summed E-state index contributed by atoms with van der Waals surface area (Å²) in [5, 5.41) is 0. The zero-order valence-electron chi connectivity index (χ0n) is 10.5. The molecule has 0 amide bonds. The Kier molecular flexibility index (Phi) is 2.93. The van der Waals surface area contributed by atoms with Crippen LogP contribution >= 0.6 is 0 Å². The van der Waals surface area contributed by atoms with E-state index in [-0.39, 0.29) is 5.75 Å². The van der Waals surface area contributed by atoms with Crippen molar-refractivity contribution in [1.82, 2.24) is 5.48 Å². The van der Waals surface area contributed by atoms with Crippen LogP contribution in [0, 0.1) is 5.92 Å². The van der Waals surface area contributed by atoms with Gasteiger partial charge in [0.1, 0.15) is 17.0 Å². The number of hydrogen-bond donors (Lipinski definition) is 1. The van der Waals surface area contributed by atoms with Crippen molar-refractivity contribution >= 4 is 0 Å². The first kappa shape index (κ1) is 12.4. The van der Waals surface area contributed by atoms with E-state index in [0.717, 1.165) is 18.6 Å². The quantitative estimate of drug-likeness (QED) is 0.907. The van der Waals surface area contributed by atoms with E-state index in [1.165, 1.54) is 6.07 Å². The van der Waals surface area contributed by atoms with Gasteiger partial charge in [-0.3, -0.25) is 0 Å². The van der Waals surface area contributed by atoms with Gasteiger partial charge in [0.05, 0.1) is 0 Å². The summed E-state index contributed by atoms with van der Waals surface area (Å²) < 4.78 is 29.5. The van der Waals surface area contributed by atoms with Crippen molar-refractivity contribution in [2.75, 3.05) is 0 Å². The number of halogens is 2. The molecule has 1 atom stereocenters. The lowest BCUT2D eigenvalue weighted by Gasteiger charge is -2.23. The van der Waals surface area contributed by atoms with Crippen LogP contribution in [0.15, 0.2) is 36.1 Å². The van der Waals surface area contributed by atoms with Crippen LogP contribution in [-0.2, 0) is 10.4 Å². The van der Waals surface area contributed by atoms with Gasteiger partial charge in [-0.05, 0) is 31.9 Å². The Morgan fingerprint density at radius 1 is 1.37 bits per heavy atom. The highest BCUT2D eigenvalue weighted by molar-refractivity contribution is 5.43. The molecule has 3 nitrogen and oxygen atoms in total. The molecule has 1 aromatic rings. The van der Waals surface area contributed by atoms with Crippen LogP contribution in [0.3, 0.4) is 0 Å². The maximum Gasteiger partial charge on any atom is 0.387 e. The lowest BCUT2D eigenvalue weighted by Crippen LogP contribution is -2.33. The topological polar surface area (TPSA) is 30.5 Å². The van der Waals surface area contributed by atoms with Crippen LogP contribution in [0.2, 0.25) is 0 Å². The maximum absolute atomic E-state index is 12.4. The number of allylic oxidation sites excluding steroid dienone is 1. The van der Waals surface area contributed by atoms with Gasteiger partial charge >= 0.3 is 6.61 Å². The molecule has 3 rings (SSSR count). The minimum atomic E-state index is -2.83.